The zero-order chi connectivity index (χ0) is 62.0. The zero-order valence-corrected chi connectivity index (χ0v) is 50.7. The Bertz CT molecular complexity index is 2970. The van der Waals surface area contributed by atoms with Gasteiger partial charge in [-0.2, -0.15) is 5.26 Å². The lowest BCUT2D eigenvalue weighted by atomic mass is 9.79. The topological polar surface area (TPSA) is 293 Å². The van der Waals surface area contributed by atoms with E-state index in [1.807, 2.05) is 111 Å². The largest absolute Gasteiger partial charge is 0.497 e. The highest BCUT2D eigenvalue weighted by molar-refractivity contribution is 7.44. The van der Waals surface area contributed by atoms with Gasteiger partial charge < -0.3 is 66.6 Å². The molecule has 4 aromatic rings. The SMILES string of the molecule is COc1ccc(C(OC[C@]2(COP(OCCC#N)N(C(C)C)C(C)C)CN(C(=O)COCCO[C@@H]3O[C@H](COC(C)=O)[C@H](OC(C)=O)[C@H](OC(C)=O)[C@H]3NC(C)=O)C[C@H](n3cc(C)c(=O)[nH]c3=O)O2)(c2ccccc2)c2ccc(OC)cc2)cc1. The molecule has 3 aromatic carbocycles. The van der Waals surface area contributed by atoms with Gasteiger partial charge in [-0.25, -0.2) is 9.46 Å². The lowest BCUT2D eigenvalue weighted by Gasteiger charge is -2.48. The number of hydrogen-bond acceptors (Lipinski definition) is 21. The van der Waals surface area contributed by atoms with Crippen molar-refractivity contribution >= 4 is 38.2 Å². The summed E-state index contributed by atoms with van der Waals surface area (Å²) in [6.07, 6.45) is -5.26. The molecular formula is C59H77N6O19P. The number of morpholine rings is 1. The molecule has 2 saturated heterocycles. The summed E-state index contributed by atoms with van der Waals surface area (Å²) in [5.41, 5.74) is -2.37. The van der Waals surface area contributed by atoms with Crippen LogP contribution in [-0.4, -0.2) is 171 Å². The lowest BCUT2D eigenvalue weighted by molar-refractivity contribution is -0.279. The number of carbonyl (C=O) groups excluding carboxylic acids is 5. The fourth-order valence-corrected chi connectivity index (χ4v) is 11.7. The molecule has 0 bridgehead atoms. The highest BCUT2D eigenvalue weighted by Gasteiger charge is 2.52. The van der Waals surface area contributed by atoms with Gasteiger partial charge in [0.15, 0.2) is 24.7 Å². The van der Waals surface area contributed by atoms with Crippen molar-refractivity contribution < 1.29 is 80.4 Å². The average molecular weight is 1210 g/mol. The summed E-state index contributed by atoms with van der Waals surface area (Å²) >= 11 is 0. The molecule has 6 rings (SSSR count). The highest BCUT2D eigenvalue weighted by Crippen LogP contribution is 2.49. The Kier molecular flexibility index (Phi) is 24.7. The quantitative estimate of drug-likeness (QED) is 0.0239. The van der Waals surface area contributed by atoms with E-state index in [0.717, 1.165) is 20.8 Å². The molecule has 0 aliphatic carbocycles. The van der Waals surface area contributed by atoms with Crippen LogP contribution in [0.15, 0.2) is 94.6 Å². The Morgan fingerprint density at radius 3 is 1.96 bits per heavy atom. The van der Waals surface area contributed by atoms with E-state index in [2.05, 4.69) is 16.4 Å². The van der Waals surface area contributed by atoms with Gasteiger partial charge in [0.2, 0.25) is 11.8 Å². The van der Waals surface area contributed by atoms with Crippen LogP contribution in [-0.2, 0) is 76.5 Å². The van der Waals surface area contributed by atoms with Gasteiger partial charge in [0.25, 0.3) is 14.1 Å². The van der Waals surface area contributed by atoms with E-state index in [1.54, 1.807) is 14.2 Å². The van der Waals surface area contributed by atoms with Crippen molar-refractivity contribution in [2.45, 2.75) is 129 Å². The summed E-state index contributed by atoms with van der Waals surface area (Å²) < 4.78 is 76.9. The maximum absolute atomic E-state index is 14.9. The Hall–Kier alpha value is -7.11. The van der Waals surface area contributed by atoms with Crippen molar-refractivity contribution in [2.75, 3.05) is 73.6 Å². The molecule has 8 atom stereocenters. The minimum Gasteiger partial charge on any atom is -0.497 e. The molecule has 1 aromatic heterocycles. The average Bonchev–Trinajstić information content (AvgIpc) is 1.62. The number of methoxy groups -OCH3 is 2. The number of hydrogen-bond donors (Lipinski definition) is 2. The number of nitriles is 1. The number of rotatable bonds is 29. The van der Waals surface area contributed by atoms with Crippen molar-refractivity contribution in [3.8, 4) is 17.6 Å². The van der Waals surface area contributed by atoms with Crippen LogP contribution in [0.1, 0.15) is 90.3 Å². The monoisotopic (exact) mass is 1200 g/mol. The number of aryl methyl sites for hydroxylation is 1. The number of nitrogens with zero attached hydrogens (tertiary/aromatic N) is 4. The van der Waals surface area contributed by atoms with Gasteiger partial charge in [-0.05, 0) is 75.6 Å². The van der Waals surface area contributed by atoms with E-state index in [-0.39, 0.29) is 70.2 Å². The van der Waals surface area contributed by atoms with Crippen molar-refractivity contribution in [1.82, 2.24) is 24.4 Å². The first-order valence-corrected chi connectivity index (χ1v) is 28.7. The number of amides is 2. The summed E-state index contributed by atoms with van der Waals surface area (Å²) in [7, 11) is 1.17. The third-order valence-electron chi connectivity index (χ3n) is 13.7. The molecule has 2 N–H and O–H groups in total. The number of carbonyl (C=O) groups is 5. The van der Waals surface area contributed by atoms with E-state index < -0.39 is 111 Å². The normalized spacial score (nSPS) is 21.0. The molecule has 462 valence electrons. The first-order valence-electron chi connectivity index (χ1n) is 27.6. The first kappa shape index (κ1) is 67.0. The molecule has 1 unspecified atom stereocenters. The van der Waals surface area contributed by atoms with Crippen molar-refractivity contribution in [2.24, 2.45) is 0 Å². The number of benzene rings is 3. The molecule has 2 amide bonds. The van der Waals surface area contributed by atoms with E-state index in [1.165, 1.54) is 29.5 Å². The molecule has 3 heterocycles. The molecule has 2 fully saturated rings. The Labute approximate surface area is 494 Å². The van der Waals surface area contributed by atoms with Crippen molar-refractivity contribution in [1.29, 1.82) is 5.26 Å². The fraction of sp³-hybridized carbons (Fsp3) is 0.525. The van der Waals surface area contributed by atoms with Crippen LogP contribution in [0.5, 0.6) is 11.5 Å². The zero-order valence-electron chi connectivity index (χ0n) is 49.8. The number of H-pyrrole nitrogens is 1. The molecule has 0 radical (unpaired) electrons. The van der Waals surface area contributed by atoms with E-state index in [0.29, 0.717) is 28.2 Å². The Morgan fingerprint density at radius 2 is 1.41 bits per heavy atom. The molecule has 85 heavy (non-hydrogen) atoms. The minimum atomic E-state index is -1.96. The van der Waals surface area contributed by atoms with Crippen LogP contribution in [0.4, 0.5) is 0 Å². The summed E-state index contributed by atoms with van der Waals surface area (Å²) in [5, 5.41) is 12.2. The second-order valence-electron chi connectivity index (χ2n) is 20.8. The van der Waals surface area contributed by atoms with Gasteiger partial charge in [0, 0.05) is 51.5 Å². The minimum absolute atomic E-state index is 0.0338. The molecule has 0 saturated carbocycles. The van der Waals surface area contributed by atoms with Crippen LogP contribution >= 0.6 is 8.53 Å². The predicted molar refractivity (Wildman–Crippen MR) is 306 cm³/mol. The Balaban J connectivity index is 1.41. The second kappa shape index (κ2) is 31.3. The van der Waals surface area contributed by atoms with Gasteiger partial charge in [-0.15, -0.1) is 0 Å². The molecule has 25 nitrogen and oxygen atoms in total. The van der Waals surface area contributed by atoms with Crippen LogP contribution in [0.2, 0.25) is 0 Å². The number of nitrogens with one attached hydrogen (secondary N) is 2. The predicted octanol–water partition coefficient (Wildman–Crippen LogP) is 4.95. The van der Waals surface area contributed by atoms with Gasteiger partial charge in [0.05, 0.1) is 72.8 Å². The number of esters is 3. The van der Waals surface area contributed by atoms with Crippen LogP contribution in [0.3, 0.4) is 0 Å². The van der Waals surface area contributed by atoms with Crippen LogP contribution in [0, 0.1) is 18.3 Å². The van der Waals surface area contributed by atoms with E-state index >= 15 is 0 Å². The molecular weight excluding hydrogens is 1130 g/mol. The molecule has 2 aliphatic heterocycles. The summed E-state index contributed by atoms with van der Waals surface area (Å²) in [6.45, 7) is 11.4. The van der Waals surface area contributed by atoms with Crippen LogP contribution < -0.4 is 26.0 Å². The van der Waals surface area contributed by atoms with Gasteiger partial charge in [-0.1, -0.05) is 54.6 Å². The summed E-state index contributed by atoms with van der Waals surface area (Å²) in [6, 6.07) is 24.9. The third-order valence-corrected chi connectivity index (χ3v) is 15.7. The Morgan fingerprint density at radius 1 is 0.812 bits per heavy atom. The summed E-state index contributed by atoms with van der Waals surface area (Å²) in [5.74, 6) is -2.25. The highest BCUT2D eigenvalue weighted by atomic mass is 31.2. The van der Waals surface area contributed by atoms with Crippen LogP contribution in [0.25, 0.3) is 0 Å². The smallest absolute Gasteiger partial charge is 0.330 e. The van der Waals surface area contributed by atoms with Gasteiger partial charge in [-0.3, -0.25) is 38.3 Å². The number of aromatic nitrogens is 2. The number of ether oxygens (including phenoxy) is 10. The molecule has 26 heteroatoms. The fourth-order valence-electron chi connectivity index (χ4n) is 10.0. The standard InChI is InChI=1S/C59H77N6O19P/c1-37(2)65(38(3)4)85(79-27-15-26-60)80-36-58(35-78-59(44-16-13-12-14-17-44,45-18-22-47(73-10)23-19-45)46-20-24-48(74-11)25-21-46)34-63(31-51(84-58)64-30-39(5)55(71)62-57(64)72)50(70)33-75-28-29-76-56-52(61-40(6)66)54(82-43(9)69)53(81-42(8)68)49(83-56)32-77-41(7)67/h12-14,16-25,30,37-38,49,51-54,56H,15,27-29,31-36H2,1-11H3,(H,61,66)(H,62,71,72)/t49-,51-,52-,53+,54-,56-,58+,85?/m1/s1. The molecule has 2 aliphatic rings. The first-order chi connectivity index (χ1) is 40.5. The maximum Gasteiger partial charge on any atom is 0.330 e. The molecule has 0 spiro atoms. The van der Waals surface area contributed by atoms with Crippen molar-refractivity contribution in [3.05, 3.63) is 128 Å². The maximum atomic E-state index is 14.9. The lowest BCUT2D eigenvalue weighted by Crippen LogP contribution is -2.66. The number of aromatic amines is 1. The third kappa shape index (κ3) is 17.7. The van der Waals surface area contributed by atoms with Gasteiger partial charge >= 0.3 is 23.6 Å². The van der Waals surface area contributed by atoms with E-state index in [4.69, 9.17) is 56.4 Å². The second-order valence-corrected chi connectivity index (χ2v) is 22.2. The van der Waals surface area contributed by atoms with Crippen molar-refractivity contribution in [3.63, 3.8) is 0 Å². The van der Waals surface area contributed by atoms with Gasteiger partial charge in [0.1, 0.15) is 48.1 Å². The summed E-state index contributed by atoms with van der Waals surface area (Å²) in [4.78, 5) is 94.8. The van der Waals surface area contributed by atoms with E-state index in [9.17, 15) is 38.8 Å².